The average Bonchev–Trinajstić information content (AvgIpc) is 2.91. The maximum Gasteiger partial charge on any atom is 0.259 e. The zero-order valence-electron chi connectivity index (χ0n) is 22.1. The fourth-order valence-electron chi connectivity index (χ4n) is 3.71. The lowest BCUT2D eigenvalue weighted by molar-refractivity contribution is -0.126. The van der Waals surface area contributed by atoms with Crippen molar-refractivity contribution in [3.8, 4) is 11.5 Å². The highest BCUT2D eigenvalue weighted by molar-refractivity contribution is 6.30. The summed E-state index contributed by atoms with van der Waals surface area (Å²) in [6.45, 7) is 2.50. The molecule has 0 saturated heterocycles. The summed E-state index contributed by atoms with van der Waals surface area (Å²) in [5.41, 5.74) is 4.14. The van der Waals surface area contributed by atoms with Gasteiger partial charge in [-0.15, -0.1) is 0 Å². The number of hydrazone groups is 1. The molecule has 2 aromatic carbocycles. The number of benzene rings is 2. The van der Waals surface area contributed by atoms with Gasteiger partial charge in [-0.2, -0.15) is 5.10 Å². The Hall–Kier alpha value is -3.06. The molecular weight excluding hydrogens is 490 g/mol. The van der Waals surface area contributed by atoms with Crippen LogP contribution in [0, 0.1) is 0 Å². The molecule has 7 nitrogen and oxygen atoms in total. The third kappa shape index (κ3) is 13.2. The second-order valence-corrected chi connectivity index (χ2v) is 9.41. The van der Waals surface area contributed by atoms with Crippen LogP contribution in [-0.2, 0) is 16.2 Å². The highest BCUT2D eigenvalue weighted by atomic mass is 35.5. The van der Waals surface area contributed by atoms with Gasteiger partial charge < -0.3 is 14.8 Å². The number of rotatable bonds is 18. The van der Waals surface area contributed by atoms with E-state index >= 15 is 0 Å². The van der Waals surface area contributed by atoms with Crippen molar-refractivity contribution in [2.45, 2.75) is 77.7 Å². The number of unbranched alkanes of at least 4 members (excludes halogenated alkanes) is 8. The van der Waals surface area contributed by atoms with E-state index in [1.54, 1.807) is 19.2 Å². The van der Waals surface area contributed by atoms with Crippen LogP contribution in [0.2, 0.25) is 5.02 Å². The summed E-state index contributed by atoms with van der Waals surface area (Å²) in [6, 6.07) is 12.8. The van der Waals surface area contributed by atoms with Gasteiger partial charge in [0.15, 0.2) is 11.5 Å². The molecule has 0 fully saturated rings. The number of ether oxygens (including phenoxy) is 2. The van der Waals surface area contributed by atoms with E-state index in [2.05, 4.69) is 22.8 Å². The van der Waals surface area contributed by atoms with Gasteiger partial charge in [-0.1, -0.05) is 82.0 Å². The third-order valence-corrected chi connectivity index (χ3v) is 6.10. The van der Waals surface area contributed by atoms with Crippen molar-refractivity contribution in [2.24, 2.45) is 5.10 Å². The number of nitrogens with zero attached hydrogens (tertiary/aromatic N) is 1. The number of nitrogens with one attached hydrogen (secondary N) is 2. The van der Waals surface area contributed by atoms with Crippen LogP contribution in [-0.4, -0.2) is 31.7 Å². The first kappa shape index (κ1) is 30.2. The second-order valence-electron chi connectivity index (χ2n) is 8.97. The molecule has 0 unspecified atom stereocenters. The quantitative estimate of drug-likeness (QED) is 0.132. The van der Waals surface area contributed by atoms with E-state index in [1.807, 2.05) is 30.3 Å². The molecule has 8 heteroatoms. The summed E-state index contributed by atoms with van der Waals surface area (Å²) in [4.78, 5) is 23.9. The summed E-state index contributed by atoms with van der Waals surface area (Å²) in [5.74, 6) is 0.647. The first-order valence-electron chi connectivity index (χ1n) is 13.2. The van der Waals surface area contributed by atoms with Gasteiger partial charge in [0, 0.05) is 11.4 Å². The molecule has 0 spiro atoms. The molecule has 2 aromatic rings. The molecule has 0 aliphatic heterocycles. The number of carbonyl (C=O) groups excluding carboxylic acids is 2. The minimum atomic E-state index is -0.383. The Balaban J connectivity index is 1.63. The van der Waals surface area contributed by atoms with E-state index in [9.17, 15) is 9.59 Å². The Bertz CT molecular complexity index is 980. The van der Waals surface area contributed by atoms with Crippen molar-refractivity contribution < 1.29 is 19.1 Å². The highest BCUT2D eigenvalue weighted by Gasteiger charge is 2.07. The highest BCUT2D eigenvalue weighted by Crippen LogP contribution is 2.28. The SMILES string of the molecule is CCCCCCCCCCCC(=O)NCC(=O)N/N=C\c1ccc(OCc2ccc(Cl)cc2)c(OC)c1. The first-order valence-corrected chi connectivity index (χ1v) is 13.5. The standard InChI is InChI=1S/C29H40ClN3O4/c1-3-4-5-6-7-8-9-10-11-12-28(34)31-21-29(35)33-32-20-24-15-18-26(27(19-24)36-2)37-22-23-13-16-25(30)17-14-23/h13-20H,3-12,21-22H2,1-2H3,(H,31,34)(H,33,35)/b32-20-. The van der Waals surface area contributed by atoms with Crippen molar-refractivity contribution in [3.05, 3.63) is 58.6 Å². The summed E-state index contributed by atoms with van der Waals surface area (Å²) in [5, 5.41) is 7.28. The molecule has 2 rings (SSSR count). The van der Waals surface area contributed by atoms with Crippen molar-refractivity contribution in [3.63, 3.8) is 0 Å². The molecular formula is C29H40ClN3O4. The summed E-state index contributed by atoms with van der Waals surface area (Å²) >= 11 is 5.91. The van der Waals surface area contributed by atoms with Gasteiger partial charge in [-0.05, 0) is 47.9 Å². The van der Waals surface area contributed by atoms with Crippen molar-refractivity contribution in [1.29, 1.82) is 0 Å². The van der Waals surface area contributed by atoms with Crippen LogP contribution >= 0.6 is 11.6 Å². The molecule has 0 saturated carbocycles. The maximum absolute atomic E-state index is 12.0. The molecule has 0 aliphatic rings. The van der Waals surface area contributed by atoms with Crippen molar-refractivity contribution in [2.75, 3.05) is 13.7 Å². The fourth-order valence-corrected chi connectivity index (χ4v) is 3.83. The monoisotopic (exact) mass is 529 g/mol. The Kier molecular flexibility index (Phi) is 14.9. The molecule has 0 aromatic heterocycles. The Morgan fingerprint density at radius 2 is 1.57 bits per heavy atom. The molecule has 37 heavy (non-hydrogen) atoms. The summed E-state index contributed by atoms with van der Waals surface area (Å²) in [6.07, 6.45) is 12.7. The van der Waals surface area contributed by atoms with Crippen LogP contribution in [0.4, 0.5) is 0 Å². The zero-order valence-corrected chi connectivity index (χ0v) is 22.8. The van der Waals surface area contributed by atoms with E-state index in [-0.39, 0.29) is 18.4 Å². The Morgan fingerprint density at radius 3 is 2.24 bits per heavy atom. The number of hydrogen-bond donors (Lipinski definition) is 2. The van der Waals surface area contributed by atoms with Crippen LogP contribution in [0.3, 0.4) is 0 Å². The van der Waals surface area contributed by atoms with Gasteiger partial charge >= 0.3 is 0 Å². The summed E-state index contributed by atoms with van der Waals surface area (Å²) in [7, 11) is 1.56. The molecule has 202 valence electrons. The lowest BCUT2D eigenvalue weighted by atomic mass is 10.1. The fraction of sp³-hybridized carbons (Fsp3) is 0.483. The van der Waals surface area contributed by atoms with Crippen LogP contribution in [0.5, 0.6) is 11.5 Å². The largest absolute Gasteiger partial charge is 0.493 e. The van der Waals surface area contributed by atoms with Crippen molar-refractivity contribution in [1.82, 2.24) is 10.7 Å². The van der Waals surface area contributed by atoms with E-state index < -0.39 is 0 Å². The van der Waals surface area contributed by atoms with Crippen LogP contribution < -0.4 is 20.2 Å². The van der Waals surface area contributed by atoms with E-state index in [1.165, 1.54) is 44.7 Å². The topological polar surface area (TPSA) is 89.0 Å². The Labute approximate surface area is 226 Å². The lowest BCUT2D eigenvalue weighted by Gasteiger charge is -2.11. The van der Waals surface area contributed by atoms with Gasteiger partial charge in [0.25, 0.3) is 5.91 Å². The van der Waals surface area contributed by atoms with E-state index in [0.717, 1.165) is 30.4 Å². The van der Waals surface area contributed by atoms with Gasteiger partial charge in [-0.25, -0.2) is 5.43 Å². The third-order valence-electron chi connectivity index (χ3n) is 5.85. The van der Waals surface area contributed by atoms with Crippen LogP contribution in [0.1, 0.15) is 82.3 Å². The van der Waals surface area contributed by atoms with Gasteiger partial charge in [0.1, 0.15) is 6.61 Å². The van der Waals surface area contributed by atoms with Gasteiger partial charge in [0.2, 0.25) is 5.91 Å². The minimum absolute atomic E-state index is 0.103. The minimum Gasteiger partial charge on any atom is -0.493 e. The number of methoxy groups -OCH3 is 1. The molecule has 2 amide bonds. The molecule has 0 heterocycles. The molecule has 0 aliphatic carbocycles. The number of amides is 2. The van der Waals surface area contributed by atoms with E-state index in [4.69, 9.17) is 21.1 Å². The maximum atomic E-state index is 12.0. The predicted octanol–water partition coefficient (Wildman–Crippen LogP) is 6.41. The summed E-state index contributed by atoms with van der Waals surface area (Å²) < 4.78 is 11.3. The second kappa shape index (κ2) is 18.2. The first-order chi connectivity index (χ1) is 18.0. The Morgan fingerprint density at radius 1 is 0.892 bits per heavy atom. The van der Waals surface area contributed by atoms with Crippen LogP contribution in [0.15, 0.2) is 47.6 Å². The number of hydrogen-bond acceptors (Lipinski definition) is 5. The smallest absolute Gasteiger partial charge is 0.259 e. The molecule has 0 atom stereocenters. The molecule has 2 N–H and O–H groups in total. The van der Waals surface area contributed by atoms with Gasteiger partial charge in [-0.3, -0.25) is 9.59 Å². The van der Waals surface area contributed by atoms with E-state index in [0.29, 0.717) is 29.5 Å². The average molecular weight is 530 g/mol. The lowest BCUT2D eigenvalue weighted by Crippen LogP contribution is -2.34. The predicted molar refractivity (Wildman–Crippen MR) is 149 cm³/mol. The van der Waals surface area contributed by atoms with Crippen LogP contribution in [0.25, 0.3) is 0 Å². The molecule has 0 bridgehead atoms. The normalized spacial score (nSPS) is 10.9. The van der Waals surface area contributed by atoms with Gasteiger partial charge in [0.05, 0.1) is 19.9 Å². The number of carbonyl (C=O) groups is 2. The number of halogens is 1. The zero-order chi connectivity index (χ0) is 26.7. The molecule has 0 radical (unpaired) electrons. The van der Waals surface area contributed by atoms with Crippen molar-refractivity contribution >= 4 is 29.6 Å².